The number of benzene rings is 1. The number of ether oxygens (including phenoxy) is 1. The van der Waals surface area contributed by atoms with E-state index in [0.29, 0.717) is 31.2 Å². The van der Waals surface area contributed by atoms with Gasteiger partial charge in [0.15, 0.2) is 0 Å². The van der Waals surface area contributed by atoms with Crippen molar-refractivity contribution in [3.05, 3.63) is 65.7 Å². The predicted molar refractivity (Wildman–Crippen MR) is 100 cm³/mol. The molecular formula is C19H17F3N6O2. The molecule has 30 heavy (non-hydrogen) atoms. The molecule has 0 radical (unpaired) electrons. The van der Waals surface area contributed by atoms with Crippen LogP contribution in [0.3, 0.4) is 0 Å². The molecule has 1 aliphatic rings. The first-order valence-corrected chi connectivity index (χ1v) is 9.09. The summed E-state index contributed by atoms with van der Waals surface area (Å²) < 4.78 is 44.3. The molecule has 1 atom stereocenters. The van der Waals surface area contributed by atoms with Gasteiger partial charge in [-0.3, -0.25) is 9.89 Å². The molecule has 156 valence electrons. The fourth-order valence-corrected chi connectivity index (χ4v) is 3.02. The Hall–Kier alpha value is -3.31. The zero-order chi connectivity index (χ0) is 21.1. The maximum Gasteiger partial charge on any atom is 0.419 e. The minimum atomic E-state index is -4.58. The highest BCUT2D eigenvalue weighted by atomic mass is 19.4. The number of alkyl halides is 3. The molecule has 3 heterocycles. The number of H-pyrrole nitrogens is 1. The van der Waals surface area contributed by atoms with Gasteiger partial charge in [0.25, 0.3) is 5.91 Å². The minimum Gasteiger partial charge on any atom is -0.371 e. The maximum atomic E-state index is 13.0. The molecular weight excluding hydrogens is 401 g/mol. The van der Waals surface area contributed by atoms with E-state index in [2.05, 4.69) is 25.5 Å². The summed E-state index contributed by atoms with van der Waals surface area (Å²) in [6.07, 6.45) is -2.01. The van der Waals surface area contributed by atoms with Gasteiger partial charge in [-0.1, -0.05) is 12.1 Å². The SMILES string of the molecule is O=C(c1ccn[nH]1)N(c1ccc([C@H]2CNCCO2)cc1)c1ncc(C(F)(F)F)cn1. The van der Waals surface area contributed by atoms with Crippen LogP contribution < -0.4 is 10.2 Å². The molecule has 1 aliphatic heterocycles. The van der Waals surface area contributed by atoms with E-state index < -0.39 is 17.6 Å². The van der Waals surface area contributed by atoms with Gasteiger partial charge in [0.1, 0.15) is 5.69 Å². The highest BCUT2D eigenvalue weighted by Gasteiger charge is 2.32. The lowest BCUT2D eigenvalue weighted by Gasteiger charge is -2.25. The summed E-state index contributed by atoms with van der Waals surface area (Å²) in [7, 11) is 0. The van der Waals surface area contributed by atoms with Crippen LogP contribution in [0, 0.1) is 0 Å². The molecule has 0 saturated carbocycles. The van der Waals surface area contributed by atoms with Gasteiger partial charge in [-0.15, -0.1) is 0 Å². The Bertz CT molecular complexity index is 985. The zero-order valence-corrected chi connectivity index (χ0v) is 15.6. The van der Waals surface area contributed by atoms with Gasteiger partial charge in [0.2, 0.25) is 5.95 Å². The molecule has 0 aliphatic carbocycles. The van der Waals surface area contributed by atoms with Crippen LogP contribution >= 0.6 is 0 Å². The Labute approximate surface area is 169 Å². The third kappa shape index (κ3) is 4.16. The number of nitrogens with one attached hydrogen (secondary N) is 2. The van der Waals surface area contributed by atoms with Gasteiger partial charge in [-0.25, -0.2) is 14.9 Å². The van der Waals surface area contributed by atoms with Crippen LogP contribution in [0.25, 0.3) is 0 Å². The van der Waals surface area contributed by atoms with Crippen LogP contribution in [0.15, 0.2) is 48.9 Å². The first-order chi connectivity index (χ1) is 14.4. The van der Waals surface area contributed by atoms with E-state index in [-0.39, 0.29) is 17.7 Å². The van der Waals surface area contributed by atoms with Crippen molar-refractivity contribution in [3.63, 3.8) is 0 Å². The Morgan fingerprint density at radius 3 is 2.43 bits per heavy atom. The first-order valence-electron chi connectivity index (χ1n) is 9.09. The lowest BCUT2D eigenvalue weighted by Crippen LogP contribution is -2.33. The second-order valence-electron chi connectivity index (χ2n) is 6.54. The second kappa shape index (κ2) is 8.20. The van der Waals surface area contributed by atoms with E-state index in [1.165, 1.54) is 12.3 Å². The van der Waals surface area contributed by atoms with Crippen LogP contribution in [0.4, 0.5) is 24.8 Å². The zero-order valence-electron chi connectivity index (χ0n) is 15.6. The third-order valence-electron chi connectivity index (χ3n) is 4.55. The summed E-state index contributed by atoms with van der Waals surface area (Å²) in [4.78, 5) is 21.7. The van der Waals surface area contributed by atoms with Crippen molar-refractivity contribution >= 4 is 17.5 Å². The summed E-state index contributed by atoms with van der Waals surface area (Å²) >= 11 is 0. The van der Waals surface area contributed by atoms with Crippen molar-refractivity contribution in [2.24, 2.45) is 0 Å². The number of carbonyl (C=O) groups excluding carboxylic acids is 1. The van der Waals surface area contributed by atoms with E-state index in [1.807, 2.05) is 0 Å². The Morgan fingerprint density at radius 1 is 1.13 bits per heavy atom. The molecule has 2 aromatic heterocycles. The van der Waals surface area contributed by atoms with Crippen molar-refractivity contribution < 1.29 is 22.7 Å². The van der Waals surface area contributed by atoms with Gasteiger partial charge >= 0.3 is 6.18 Å². The molecule has 1 fully saturated rings. The first kappa shape index (κ1) is 20.0. The average Bonchev–Trinajstić information content (AvgIpc) is 3.30. The van der Waals surface area contributed by atoms with E-state index >= 15 is 0 Å². The van der Waals surface area contributed by atoms with E-state index in [0.717, 1.165) is 17.0 Å². The molecule has 8 nitrogen and oxygen atoms in total. The Morgan fingerprint density at radius 2 is 1.87 bits per heavy atom. The van der Waals surface area contributed by atoms with Gasteiger partial charge < -0.3 is 10.1 Å². The molecule has 1 amide bonds. The van der Waals surface area contributed by atoms with E-state index in [1.54, 1.807) is 24.3 Å². The van der Waals surface area contributed by atoms with Crippen molar-refractivity contribution in [1.82, 2.24) is 25.5 Å². The highest BCUT2D eigenvalue weighted by Crippen LogP contribution is 2.31. The largest absolute Gasteiger partial charge is 0.419 e. The number of anilines is 2. The molecule has 3 aromatic rings. The number of carbonyl (C=O) groups is 1. The molecule has 1 saturated heterocycles. The third-order valence-corrected chi connectivity index (χ3v) is 4.55. The Balaban J connectivity index is 1.68. The van der Waals surface area contributed by atoms with E-state index in [4.69, 9.17) is 4.74 Å². The number of rotatable bonds is 4. The molecule has 0 spiro atoms. The summed E-state index contributed by atoms with van der Waals surface area (Å²) in [5.74, 6) is -0.749. The highest BCUT2D eigenvalue weighted by molar-refractivity contribution is 6.08. The van der Waals surface area contributed by atoms with Crippen molar-refractivity contribution in [2.45, 2.75) is 12.3 Å². The standard InChI is InChI=1S/C19H17F3N6O2/c20-19(21,22)13-9-24-18(25-10-13)28(17(29)15-5-6-26-27-15)14-3-1-12(2-4-14)16-11-23-7-8-30-16/h1-6,9-10,16,23H,7-8,11H2,(H,26,27)/t16-/m1/s1. The number of morpholine rings is 1. The quantitative estimate of drug-likeness (QED) is 0.677. The number of hydrogen-bond acceptors (Lipinski definition) is 6. The van der Waals surface area contributed by atoms with Crippen molar-refractivity contribution in [3.8, 4) is 0 Å². The summed E-state index contributed by atoms with van der Waals surface area (Å²) in [5, 5.41) is 9.54. The van der Waals surface area contributed by atoms with Gasteiger partial charge in [0, 0.05) is 31.7 Å². The molecule has 2 N–H and O–H groups in total. The van der Waals surface area contributed by atoms with E-state index in [9.17, 15) is 18.0 Å². The van der Waals surface area contributed by atoms with Gasteiger partial charge in [-0.05, 0) is 23.8 Å². The number of halogens is 3. The molecule has 11 heteroatoms. The molecule has 4 rings (SSSR count). The summed E-state index contributed by atoms with van der Waals surface area (Å²) in [6, 6.07) is 8.38. The minimum absolute atomic E-state index is 0.119. The van der Waals surface area contributed by atoms with Crippen LogP contribution in [0.2, 0.25) is 0 Å². The number of aromatic amines is 1. The van der Waals surface area contributed by atoms with Gasteiger partial charge in [0.05, 0.1) is 24.0 Å². The topological polar surface area (TPSA) is 96.0 Å². The number of aromatic nitrogens is 4. The predicted octanol–water partition coefficient (Wildman–Crippen LogP) is 2.86. The molecule has 1 aromatic carbocycles. The second-order valence-corrected chi connectivity index (χ2v) is 6.54. The van der Waals surface area contributed by atoms with Crippen molar-refractivity contribution in [1.29, 1.82) is 0 Å². The number of amides is 1. The number of nitrogens with zero attached hydrogens (tertiary/aromatic N) is 4. The van der Waals surface area contributed by atoms with Crippen LogP contribution in [0.1, 0.15) is 27.7 Å². The lowest BCUT2D eigenvalue weighted by molar-refractivity contribution is -0.138. The lowest BCUT2D eigenvalue weighted by atomic mass is 10.1. The Kier molecular flexibility index (Phi) is 5.46. The van der Waals surface area contributed by atoms with Crippen LogP contribution in [-0.2, 0) is 10.9 Å². The van der Waals surface area contributed by atoms with Crippen molar-refractivity contribution in [2.75, 3.05) is 24.6 Å². The van der Waals surface area contributed by atoms with Gasteiger partial charge in [-0.2, -0.15) is 18.3 Å². The van der Waals surface area contributed by atoms with Crippen LogP contribution in [0.5, 0.6) is 0 Å². The monoisotopic (exact) mass is 418 g/mol. The van der Waals surface area contributed by atoms with Crippen LogP contribution in [-0.4, -0.2) is 45.8 Å². The average molecular weight is 418 g/mol. The normalized spacial score (nSPS) is 17.0. The fourth-order valence-electron chi connectivity index (χ4n) is 3.02. The maximum absolute atomic E-state index is 13.0. The molecule has 0 unspecified atom stereocenters. The number of hydrogen-bond donors (Lipinski definition) is 2. The fraction of sp³-hybridized carbons (Fsp3) is 0.263. The molecule has 0 bridgehead atoms. The smallest absolute Gasteiger partial charge is 0.371 e. The summed E-state index contributed by atoms with van der Waals surface area (Å²) in [6.45, 7) is 2.04. The summed E-state index contributed by atoms with van der Waals surface area (Å²) in [5.41, 5.74) is 0.440.